The van der Waals surface area contributed by atoms with Gasteiger partial charge in [0, 0.05) is 6.04 Å². The van der Waals surface area contributed by atoms with Gasteiger partial charge in [0.05, 0.1) is 12.7 Å². The van der Waals surface area contributed by atoms with Crippen molar-refractivity contribution < 1.29 is 9.47 Å². The molecule has 0 amide bonds. The van der Waals surface area contributed by atoms with Crippen LogP contribution < -0.4 is 14.8 Å². The van der Waals surface area contributed by atoms with Crippen LogP contribution in [0.25, 0.3) is 0 Å². The first kappa shape index (κ1) is 16.2. The molecule has 1 aromatic carbocycles. The number of ether oxygens (including phenoxy) is 2. The first-order valence-electron chi connectivity index (χ1n) is 8.24. The second kappa shape index (κ2) is 7.69. The van der Waals surface area contributed by atoms with Crippen LogP contribution in [0.2, 0.25) is 0 Å². The van der Waals surface area contributed by atoms with Crippen LogP contribution in [-0.2, 0) is 0 Å². The molecule has 0 aromatic heterocycles. The number of methoxy groups -OCH3 is 1. The van der Waals surface area contributed by atoms with Crippen LogP contribution in [0.3, 0.4) is 0 Å². The molecule has 3 nitrogen and oxygen atoms in total. The van der Waals surface area contributed by atoms with Crippen LogP contribution in [0.5, 0.6) is 11.5 Å². The van der Waals surface area contributed by atoms with Gasteiger partial charge in [0.15, 0.2) is 0 Å². The third-order valence-electron chi connectivity index (χ3n) is 4.50. The van der Waals surface area contributed by atoms with Crippen molar-refractivity contribution in [2.75, 3.05) is 13.7 Å². The molecule has 3 heteroatoms. The molecule has 1 fully saturated rings. The standard InChI is InChI=1S/C18H29NO2/c1-5-19-14(3)18-16(20-4)11-8-12-17(18)21-15-10-7-6-9-13(15)2/h8,11-15,19H,5-7,9-10H2,1-4H3. The summed E-state index contributed by atoms with van der Waals surface area (Å²) in [4.78, 5) is 0. The maximum absolute atomic E-state index is 6.39. The van der Waals surface area contributed by atoms with Crippen LogP contribution in [-0.4, -0.2) is 19.8 Å². The maximum atomic E-state index is 6.39. The summed E-state index contributed by atoms with van der Waals surface area (Å²) in [5, 5.41) is 3.47. The molecule has 1 aliphatic rings. The largest absolute Gasteiger partial charge is 0.496 e. The molecule has 0 radical (unpaired) electrons. The van der Waals surface area contributed by atoms with E-state index in [0.717, 1.165) is 30.0 Å². The SMILES string of the molecule is CCNC(C)c1c(OC)cccc1OC1CCCCC1C. The van der Waals surface area contributed by atoms with E-state index in [0.29, 0.717) is 12.0 Å². The van der Waals surface area contributed by atoms with Crippen molar-refractivity contribution in [3.05, 3.63) is 23.8 Å². The number of hydrogen-bond acceptors (Lipinski definition) is 3. The lowest BCUT2D eigenvalue weighted by Gasteiger charge is -2.31. The Balaban J connectivity index is 2.24. The van der Waals surface area contributed by atoms with E-state index in [2.05, 4.69) is 32.2 Å². The van der Waals surface area contributed by atoms with Gasteiger partial charge in [0.25, 0.3) is 0 Å². The molecule has 0 bridgehead atoms. The van der Waals surface area contributed by atoms with Crippen LogP contribution in [0.15, 0.2) is 18.2 Å². The molecule has 0 spiro atoms. The van der Waals surface area contributed by atoms with Crippen LogP contribution in [0.1, 0.15) is 58.1 Å². The molecule has 21 heavy (non-hydrogen) atoms. The van der Waals surface area contributed by atoms with Gasteiger partial charge in [-0.3, -0.25) is 0 Å². The number of rotatable bonds is 6. The minimum Gasteiger partial charge on any atom is -0.496 e. The first-order chi connectivity index (χ1) is 10.2. The normalized spacial score (nSPS) is 23.6. The van der Waals surface area contributed by atoms with Crippen molar-refractivity contribution in [2.24, 2.45) is 5.92 Å². The molecule has 118 valence electrons. The van der Waals surface area contributed by atoms with Crippen molar-refractivity contribution >= 4 is 0 Å². The Morgan fingerprint density at radius 1 is 1.24 bits per heavy atom. The van der Waals surface area contributed by atoms with E-state index in [1.807, 2.05) is 12.1 Å². The summed E-state index contributed by atoms with van der Waals surface area (Å²) in [7, 11) is 1.73. The molecule has 2 rings (SSSR count). The highest BCUT2D eigenvalue weighted by atomic mass is 16.5. The second-order valence-corrected chi connectivity index (χ2v) is 6.07. The molecule has 0 heterocycles. The Hall–Kier alpha value is -1.22. The molecular weight excluding hydrogens is 262 g/mol. The smallest absolute Gasteiger partial charge is 0.128 e. The molecule has 3 atom stereocenters. The summed E-state index contributed by atoms with van der Waals surface area (Å²) < 4.78 is 11.9. The quantitative estimate of drug-likeness (QED) is 0.846. The van der Waals surface area contributed by atoms with Gasteiger partial charge < -0.3 is 14.8 Å². The van der Waals surface area contributed by atoms with Crippen molar-refractivity contribution in [1.29, 1.82) is 0 Å². The van der Waals surface area contributed by atoms with Gasteiger partial charge in [-0.05, 0) is 50.8 Å². The topological polar surface area (TPSA) is 30.5 Å². The Bertz CT molecular complexity index is 447. The predicted octanol–water partition coefficient (Wildman–Crippen LogP) is 4.32. The minimum atomic E-state index is 0.222. The summed E-state index contributed by atoms with van der Waals surface area (Å²) in [6, 6.07) is 6.33. The molecule has 3 unspecified atom stereocenters. The number of hydrogen-bond donors (Lipinski definition) is 1. The molecule has 1 saturated carbocycles. The third-order valence-corrected chi connectivity index (χ3v) is 4.50. The van der Waals surface area contributed by atoms with E-state index in [1.54, 1.807) is 7.11 Å². The summed E-state index contributed by atoms with van der Waals surface area (Å²) in [5.74, 6) is 2.51. The van der Waals surface area contributed by atoms with E-state index in [9.17, 15) is 0 Å². The summed E-state index contributed by atoms with van der Waals surface area (Å²) in [6.45, 7) is 7.52. The molecule has 1 aromatic rings. The molecule has 0 saturated heterocycles. The Kier molecular flexibility index (Phi) is 5.92. The number of benzene rings is 1. The highest BCUT2D eigenvalue weighted by Gasteiger charge is 2.25. The van der Waals surface area contributed by atoms with Crippen molar-refractivity contribution in [3.63, 3.8) is 0 Å². The van der Waals surface area contributed by atoms with Gasteiger partial charge in [-0.1, -0.05) is 26.3 Å². The van der Waals surface area contributed by atoms with Gasteiger partial charge in [-0.25, -0.2) is 0 Å². The Labute approximate surface area is 129 Å². The van der Waals surface area contributed by atoms with Gasteiger partial charge in [-0.15, -0.1) is 0 Å². The van der Waals surface area contributed by atoms with Crippen LogP contribution >= 0.6 is 0 Å². The van der Waals surface area contributed by atoms with Crippen molar-refractivity contribution in [1.82, 2.24) is 5.32 Å². The van der Waals surface area contributed by atoms with Gasteiger partial charge in [0.1, 0.15) is 17.6 Å². The van der Waals surface area contributed by atoms with Crippen LogP contribution in [0, 0.1) is 5.92 Å². The highest BCUT2D eigenvalue weighted by Crippen LogP contribution is 2.37. The van der Waals surface area contributed by atoms with Gasteiger partial charge in [-0.2, -0.15) is 0 Å². The maximum Gasteiger partial charge on any atom is 0.128 e. The zero-order chi connectivity index (χ0) is 15.2. The lowest BCUT2D eigenvalue weighted by Crippen LogP contribution is -2.29. The van der Waals surface area contributed by atoms with E-state index in [1.165, 1.54) is 19.3 Å². The lowest BCUT2D eigenvalue weighted by molar-refractivity contribution is 0.100. The van der Waals surface area contributed by atoms with E-state index >= 15 is 0 Å². The predicted molar refractivity (Wildman–Crippen MR) is 87.1 cm³/mol. The average Bonchev–Trinajstić information content (AvgIpc) is 2.49. The lowest BCUT2D eigenvalue weighted by atomic mass is 9.88. The minimum absolute atomic E-state index is 0.222. The fourth-order valence-electron chi connectivity index (χ4n) is 3.26. The monoisotopic (exact) mass is 291 g/mol. The molecule has 1 aliphatic carbocycles. The van der Waals surface area contributed by atoms with Crippen molar-refractivity contribution in [2.45, 2.75) is 58.6 Å². The third kappa shape index (κ3) is 3.91. The fourth-order valence-corrected chi connectivity index (χ4v) is 3.26. The van der Waals surface area contributed by atoms with E-state index in [-0.39, 0.29) is 6.04 Å². The fraction of sp³-hybridized carbons (Fsp3) is 0.667. The molecule has 1 N–H and O–H groups in total. The van der Waals surface area contributed by atoms with Crippen LogP contribution in [0.4, 0.5) is 0 Å². The van der Waals surface area contributed by atoms with E-state index < -0.39 is 0 Å². The Morgan fingerprint density at radius 3 is 2.62 bits per heavy atom. The summed E-state index contributed by atoms with van der Waals surface area (Å²) >= 11 is 0. The van der Waals surface area contributed by atoms with Gasteiger partial charge >= 0.3 is 0 Å². The van der Waals surface area contributed by atoms with Gasteiger partial charge in [0.2, 0.25) is 0 Å². The second-order valence-electron chi connectivity index (χ2n) is 6.07. The first-order valence-corrected chi connectivity index (χ1v) is 8.24. The number of nitrogens with one attached hydrogen (secondary N) is 1. The van der Waals surface area contributed by atoms with E-state index in [4.69, 9.17) is 9.47 Å². The average molecular weight is 291 g/mol. The summed E-state index contributed by atoms with van der Waals surface area (Å²) in [5.41, 5.74) is 1.14. The van der Waals surface area contributed by atoms with Crippen molar-refractivity contribution in [3.8, 4) is 11.5 Å². The molecule has 0 aliphatic heterocycles. The Morgan fingerprint density at radius 2 is 1.95 bits per heavy atom. The summed E-state index contributed by atoms with van der Waals surface area (Å²) in [6.07, 6.45) is 5.37. The zero-order valence-electron chi connectivity index (χ0n) is 13.8. The zero-order valence-corrected chi connectivity index (χ0v) is 13.8. The highest BCUT2D eigenvalue weighted by molar-refractivity contribution is 5.47. The molecular formula is C18H29NO2.